The highest BCUT2D eigenvalue weighted by molar-refractivity contribution is 6.31. The van der Waals surface area contributed by atoms with E-state index in [1.54, 1.807) is 6.07 Å². The monoisotopic (exact) mass is 254 g/mol. The second-order valence-electron chi connectivity index (χ2n) is 4.12. The summed E-state index contributed by atoms with van der Waals surface area (Å²) < 4.78 is 0. The number of hydrogen-bond donors (Lipinski definition) is 2. The zero-order valence-electron chi connectivity index (χ0n) is 10.5. The molecule has 1 aromatic carbocycles. The summed E-state index contributed by atoms with van der Waals surface area (Å²) in [5.74, 6) is -0.0381. The molecular weight excluding hydrogens is 236 g/mol. The molecule has 0 heterocycles. The maximum Gasteiger partial charge on any atom is 0.241 e. The normalized spacial score (nSPS) is 12.2. The smallest absolute Gasteiger partial charge is 0.241 e. The maximum absolute atomic E-state index is 11.9. The van der Waals surface area contributed by atoms with E-state index in [1.807, 2.05) is 26.0 Å². The van der Waals surface area contributed by atoms with Crippen LogP contribution in [0.3, 0.4) is 0 Å². The van der Waals surface area contributed by atoms with Crippen molar-refractivity contribution in [2.24, 2.45) is 0 Å². The molecule has 17 heavy (non-hydrogen) atoms. The van der Waals surface area contributed by atoms with Gasteiger partial charge in [0, 0.05) is 10.7 Å². The van der Waals surface area contributed by atoms with Crippen LogP contribution in [0.5, 0.6) is 0 Å². The van der Waals surface area contributed by atoms with E-state index in [-0.39, 0.29) is 11.9 Å². The van der Waals surface area contributed by atoms with Gasteiger partial charge in [0.2, 0.25) is 5.91 Å². The van der Waals surface area contributed by atoms with E-state index in [4.69, 9.17) is 11.6 Å². The van der Waals surface area contributed by atoms with Crippen LogP contribution in [0.1, 0.15) is 25.8 Å². The fourth-order valence-electron chi connectivity index (χ4n) is 1.42. The van der Waals surface area contributed by atoms with Crippen LogP contribution in [0.15, 0.2) is 18.2 Å². The molecule has 4 heteroatoms. The first-order valence-electron chi connectivity index (χ1n) is 5.85. The summed E-state index contributed by atoms with van der Waals surface area (Å²) in [6.45, 7) is 6.70. The number of carbonyl (C=O) groups excluding carboxylic acids is 1. The molecule has 94 valence electrons. The molecule has 0 radical (unpaired) electrons. The van der Waals surface area contributed by atoms with Crippen LogP contribution in [0.25, 0.3) is 0 Å². The molecule has 0 spiro atoms. The van der Waals surface area contributed by atoms with Crippen LogP contribution in [-0.4, -0.2) is 18.5 Å². The zero-order chi connectivity index (χ0) is 12.8. The lowest BCUT2D eigenvalue weighted by molar-refractivity contribution is -0.117. The summed E-state index contributed by atoms with van der Waals surface area (Å²) in [5, 5.41) is 6.64. The van der Waals surface area contributed by atoms with E-state index in [2.05, 4.69) is 17.6 Å². The van der Waals surface area contributed by atoms with E-state index < -0.39 is 0 Å². The Morgan fingerprint density at radius 3 is 2.82 bits per heavy atom. The summed E-state index contributed by atoms with van der Waals surface area (Å²) >= 11 is 5.90. The van der Waals surface area contributed by atoms with Gasteiger partial charge in [0.1, 0.15) is 0 Å². The highest BCUT2D eigenvalue weighted by Gasteiger charge is 2.12. The Kier molecular flexibility index (Phi) is 5.45. The molecule has 0 aliphatic carbocycles. The number of amides is 1. The zero-order valence-corrected chi connectivity index (χ0v) is 11.3. The SMILES string of the molecule is CCCNC(C)C(=O)Nc1cc(Cl)ccc1C. The minimum atomic E-state index is -0.201. The Morgan fingerprint density at radius 1 is 1.47 bits per heavy atom. The fourth-order valence-corrected chi connectivity index (χ4v) is 1.60. The summed E-state index contributed by atoms with van der Waals surface area (Å²) in [6, 6.07) is 5.27. The topological polar surface area (TPSA) is 41.1 Å². The molecule has 1 atom stereocenters. The van der Waals surface area contributed by atoms with Gasteiger partial charge in [-0.2, -0.15) is 0 Å². The molecule has 0 saturated carbocycles. The first-order chi connectivity index (χ1) is 8.04. The van der Waals surface area contributed by atoms with Crippen molar-refractivity contribution in [2.45, 2.75) is 33.2 Å². The van der Waals surface area contributed by atoms with Gasteiger partial charge < -0.3 is 10.6 Å². The Morgan fingerprint density at radius 2 is 2.18 bits per heavy atom. The number of nitrogens with one attached hydrogen (secondary N) is 2. The summed E-state index contributed by atoms with van der Waals surface area (Å²) in [6.07, 6.45) is 1.01. The molecule has 0 saturated heterocycles. The third-order valence-electron chi connectivity index (χ3n) is 2.55. The average molecular weight is 255 g/mol. The van der Waals surface area contributed by atoms with Gasteiger partial charge in [-0.05, 0) is 44.5 Å². The number of carbonyl (C=O) groups is 1. The molecule has 1 rings (SSSR count). The average Bonchev–Trinajstić information content (AvgIpc) is 2.30. The number of hydrogen-bond acceptors (Lipinski definition) is 2. The first kappa shape index (κ1) is 14.0. The number of aryl methyl sites for hydroxylation is 1. The molecule has 1 unspecified atom stereocenters. The van der Waals surface area contributed by atoms with Crippen molar-refractivity contribution < 1.29 is 4.79 Å². The predicted molar refractivity (Wildman–Crippen MR) is 72.6 cm³/mol. The number of halogens is 1. The minimum Gasteiger partial charge on any atom is -0.324 e. The van der Waals surface area contributed by atoms with E-state index in [9.17, 15) is 4.79 Å². The van der Waals surface area contributed by atoms with Crippen molar-refractivity contribution in [3.8, 4) is 0 Å². The Balaban J connectivity index is 2.64. The van der Waals surface area contributed by atoms with Crippen molar-refractivity contribution in [3.05, 3.63) is 28.8 Å². The molecule has 1 aromatic rings. The lowest BCUT2D eigenvalue weighted by Gasteiger charge is -2.14. The third-order valence-corrected chi connectivity index (χ3v) is 2.79. The van der Waals surface area contributed by atoms with E-state index in [1.165, 1.54) is 0 Å². The molecule has 0 aliphatic heterocycles. The summed E-state index contributed by atoms with van der Waals surface area (Å²) in [5.41, 5.74) is 1.78. The molecule has 0 aliphatic rings. The molecular formula is C13H19ClN2O. The van der Waals surface area contributed by atoms with Crippen molar-refractivity contribution in [3.63, 3.8) is 0 Å². The van der Waals surface area contributed by atoms with Crippen LogP contribution < -0.4 is 10.6 Å². The van der Waals surface area contributed by atoms with E-state index in [0.29, 0.717) is 5.02 Å². The molecule has 2 N–H and O–H groups in total. The van der Waals surface area contributed by atoms with Crippen LogP contribution in [0.2, 0.25) is 5.02 Å². The van der Waals surface area contributed by atoms with Crippen LogP contribution in [-0.2, 0) is 4.79 Å². The second kappa shape index (κ2) is 6.62. The van der Waals surface area contributed by atoms with Gasteiger partial charge in [-0.15, -0.1) is 0 Å². The highest BCUT2D eigenvalue weighted by Crippen LogP contribution is 2.20. The van der Waals surface area contributed by atoms with Crippen molar-refractivity contribution in [1.29, 1.82) is 0 Å². The van der Waals surface area contributed by atoms with Crippen molar-refractivity contribution >= 4 is 23.2 Å². The second-order valence-corrected chi connectivity index (χ2v) is 4.56. The third kappa shape index (κ3) is 4.36. The van der Waals surface area contributed by atoms with Crippen molar-refractivity contribution in [2.75, 3.05) is 11.9 Å². The highest BCUT2D eigenvalue weighted by atomic mass is 35.5. The van der Waals surface area contributed by atoms with Gasteiger partial charge in [0.05, 0.1) is 6.04 Å². The minimum absolute atomic E-state index is 0.0381. The lowest BCUT2D eigenvalue weighted by Crippen LogP contribution is -2.38. The molecule has 0 fully saturated rings. The van der Waals surface area contributed by atoms with E-state index >= 15 is 0 Å². The fraction of sp³-hybridized carbons (Fsp3) is 0.462. The van der Waals surface area contributed by atoms with Gasteiger partial charge in [0.25, 0.3) is 0 Å². The standard InChI is InChI=1S/C13H19ClN2O/c1-4-7-15-10(3)13(17)16-12-8-11(14)6-5-9(12)2/h5-6,8,10,15H,4,7H2,1-3H3,(H,16,17). The van der Waals surface area contributed by atoms with Crippen LogP contribution in [0, 0.1) is 6.92 Å². The Labute approximate surface area is 108 Å². The first-order valence-corrected chi connectivity index (χ1v) is 6.22. The molecule has 1 amide bonds. The predicted octanol–water partition coefficient (Wildman–Crippen LogP) is 2.98. The summed E-state index contributed by atoms with van der Waals surface area (Å²) in [7, 11) is 0. The van der Waals surface area contributed by atoms with Gasteiger partial charge in [-0.1, -0.05) is 24.6 Å². The molecule has 3 nitrogen and oxygen atoms in total. The maximum atomic E-state index is 11.9. The number of rotatable bonds is 5. The van der Waals surface area contributed by atoms with Crippen LogP contribution in [0.4, 0.5) is 5.69 Å². The molecule has 0 aromatic heterocycles. The van der Waals surface area contributed by atoms with E-state index in [0.717, 1.165) is 24.2 Å². The summed E-state index contributed by atoms with van der Waals surface area (Å²) in [4.78, 5) is 11.9. The Bertz CT molecular complexity index is 393. The quantitative estimate of drug-likeness (QED) is 0.848. The largest absolute Gasteiger partial charge is 0.324 e. The van der Waals surface area contributed by atoms with Gasteiger partial charge in [-0.25, -0.2) is 0 Å². The van der Waals surface area contributed by atoms with Gasteiger partial charge in [0.15, 0.2) is 0 Å². The number of benzene rings is 1. The van der Waals surface area contributed by atoms with Gasteiger partial charge >= 0.3 is 0 Å². The Hall–Kier alpha value is -1.06. The van der Waals surface area contributed by atoms with Crippen molar-refractivity contribution in [1.82, 2.24) is 5.32 Å². The van der Waals surface area contributed by atoms with Crippen LogP contribution >= 0.6 is 11.6 Å². The lowest BCUT2D eigenvalue weighted by atomic mass is 10.2. The number of anilines is 1. The molecule has 0 bridgehead atoms. The van der Waals surface area contributed by atoms with Gasteiger partial charge in [-0.3, -0.25) is 4.79 Å².